The number of nitrogens with zero attached hydrogens (tertiary/aromatic N) is 2. The highest BCUT2D eigenvalue weighted by atomic mass is 32.2. The van der Waals surface area contributed by atoms with Crippen LogP contribution in [-0.2, 0) is 19.6 Å². The first kappa shape index (κ1) is 27.0. The molecule has 198 valence electrons. The maximum Gasteiger partial charge on any atom is 0.303 e. The van der Waals surface area contributed by atoms with Crippen molar-refractivity contribution in [3.8, 4) is 5.88 Å². The molecule has 0 saturated heterocycles. The molecule has 37 heavy (non-hydrogen) atoms. The number of benzene rings is 1. The first-order valence-corrected chi connectivity index (χ1v) is 14.5. The van der Waals surface area contributed by atoms with Crippen molar-refractivity contribution in [3.05, 3.63) is 42.0 Å². The van der Waals surface area contributed by atoms with Crippen LogP contribution in [0.1, 0.15) is 56.4 Å². The summed E-state index contributed by atoms with van der Waals surface area (Å²) in [7, 11) is -2.24. The number of hydrogen-bond donors (Lipinski definition) is 3. The number of anilines is 1. The zero-order valence-corrected chi connectivity index (χ0v) is 22.1. The molecular weight excluding hydrogens is 516 g/mol. The van der Waals surface area contributed by atoms with Gasteiger partial charge in [-0.25, -0.2) is 23.1 Å². The van der Waals surface area contributed by atoms with Crippen LogP contribution >= 0.6 is 11.3 Å². The smallest absolute Gasteiger partial charge is 0.303 e. The Hall–Kier alpha value is -3.09. The molecule has 1 aliphatic rings. The summed E-state index contributed by atoms with van der Waals surface area (Å²) in [5.74, 6) is -0.730. The summed E-state index contributed by atoms with van der Waals surface area (Å²) >= 11 is 1.27. The number of fused-ring (bicyclic) bond motifs is 1. The van der Waals surface area contributed by atoms with E-state index in [1.165, 1.54) is 30.6 Å². The van der Waals surface area contributed by atoms with Crippen LogP contribution in [0, 0.1) is 5.92 Å². The van der Waals surface area contributed by atoms with E-state index < -0.39 is 21.9 Å². The number of sulfonamides is 1. The van der Waals surface area contributed by atoms with Crippen molar-refractivity contribution in [3.63, 3.8) is 0 Å². The number of carboxylic acids is 1. The van der Waals surface area contributed by atoms with Gasteiger partial charge in [-0.1, -0.05) is 49.2 Å². The Bertz CT molecular complexity index is 1350. The molecule has 0 spiro atoms. The summed E-state index contributed by atoms with van der Waals surface area (Å²) in [5, 5.41) is 12.1. The van der Waals surface area contributed by atoms with Gasteiger partial charge < -0.3 is 15.2 Å². The predicted molar refractivity (Wildman–Crippen MR) is 140 cm³/mol. The van der Waals surface area contributed by atoms with Gasteiger partial charge >= 0.3 is 5.97 Å². The molecule has 1 amide bonds. The first-order valence-electron chi connectivity index (χ1n) is 12.2. The normalized spacial score (nSPS) is 15.1. The van der Waals surface area contributed by atoms with Gasteiger partial charge in [-0.05, 0) is 42.5 Å². The zero-order chi connectivity index (χ0) is 26.4. The fourth-order valence-corrected chi connectivity index (χ4v) is 6.45. The minimum atomic E-state index is -3.78. The van der Waals surface area contributed by atoms with Crippen LogP contribution in [0.25, 0.3) is 10.3 Å². The molecule has 3 N–H and O–H groups in total. The lowest BCUT2D eigenvalue weighted by atomic mass is 9.87. The monoisotopic (exact) mass is 546 g/mol. The molecule has 12 heteroatoms. The lowest BCUT2D eigenvalue weighted by molar-refractivity contribution is -0.137. The molecule has 0 bridgehead atoms. The fraction of sp³-hybridized carbons (Fsp3) is 0.440. The number of amides is 1. The van der Waals surface area contributed by atoms with Crippen molar-refractivity contribution in [2.24, 2.45) is 5.92 Å². The predicted octanol–water partition coefficient (Wildman–Crippen LogP) is 4.15. The van der Waals surface area contributed by atoms with Crippen molar-refractivity contribution in [1.82, 2.24) is 14.7 Å². The number of hydrogen-bond acceptors (Lipinski definition) is 8. The van der Waals surface area contributed by atoms with E-state index in [4.69, 9.17) is 9.84 Å². The lowest BCUT2D eigenvalue weighted by Gasteiger charge is -2.20. The molecule has 1 fully saturated rings. The number of carbonyl (C=O) groups excluding carboxylic acids is 1. The highest BCUT2D eigenvalue weighted by Crippen LogP contribution is 2.36. The van der Waals surface area contributed by atoms with Gasteiger partial charge in [0.25, 0.3) is 0 Å². The van der Waals surface area contributed by atoms with E-state index in [1.807, 2.05) is 0 Å². The number of pyridine rings is 1. The molecule has 0 unspecified atom stereocenters. The van der Waals surface area contributed by atoms with Crippen LogP contribution < -0.4 is 14.8 Å². The first-order chi connectivity index (χ1) is 17.7. The molecule has 10 nitrogen and oxygen atoms in total. The Morgan fingerprint density at radius 2 is 1.86 bits per heavy atom. The lowest BCUT2D eigenvalue weighted by Crippen LogP contribution is -2.25. The van der Waals surface area contributed by atoms with Crippen LogP contribution in [0.15, 0.2) is 41.3 Å². The maximum atomic E-state index is 13.4. The van der Waals surface area contributed by atoms with E-state index in [-0.39, 0.29) is 30.2 Å². The molecule has 2 aromatic heterocycles. The van der Waals surface area contributed by atoms with E-state index in [0.717, 1.165) is 31.2 Å². The average Bonchev–Trinajstić information content (AvgIpc) is 3.54. The third-order valence-corrected chi connectivity index (χ3v) is 8.84. The van der Waals surface area contributed by atoms with Crippen molar-refractivity contribution in [2.75, 3.05) is 19.0 Å². The average molecular weight is 547 g/mol. The largest absolute Gasteiger partial charge is 0.481 e. The maximum absolute atomic E-state index is 13.4. The summed E-state index contributed by atoms with van der Waals surface area (Å²) in [6.07, 6.45) is 5.19. The van der Waals surface area contributed by atoms with E-state index in [9.17, 15) is 18.0 Å². The standard InChI is InChI=1S/C25H30N4O6S2/c1-35-21-13-12-20-24(28-21)36-25(27-20)29-23(32)19(15-16-5-2-3-6-16)17-8-10-18(11-9-17)37(33,34)26-14-4-7-22(30)31/h8-13,16,19,26H,2-7,14-15H2,1H3,(H,30,31)(H,27,29,32)/t19-/m1/s1. The number of carbonyl (C=O) groups is 2. The molecule has 1 atom stereocenters. The second kappa shape index (κ2) is 12.0. The Balaban J connectivity index is 1.50. The second-order valence-corrected chi connectivity index (χ2v) is 11.8. The third kappa shape index (κ3) is 7.02. The molecule has 4 rings (SSSR count). The van der Waals surface area contributed by atoms with E-state index in [1.54, 1.807) is 24.3 Å². The summed E-state index contributed by atoms with van der Waals surface area (Å²) in [6.45, 7) is 0.0337. The number of methoxy groups -OCH3 is 1. The SMILES string of the molecule is COc1ccc2nc(NC(=O)[C@H](CC3CCCC3)c3ccc(S(=O)(=O)NCCCC(=O)O)cc3)sc2n1. The summed E-state index contributed by atoms with van der Waals surface area (Å²) in [6, 6.07) is 9.83. The van der Waals surface area contributed by atoms with Gasteiger partial charge in [0, 0.05) is 19.0 Å². The van der Waals surface area contributed by atoms with Crippen LogP contribution in [0.3, 0.4) is 0 Å². The summed E-state index contributed by atoms with van der Waals surface area (Å²) in [4.78, 5) is 33.6. The number of carboxylic acid groups (broad SMARTS) is 1. The third-order valence-electron chi connectivity index (χ3n) is 6.48. The number of nitrogens with one attached hydrogen (secondary N) is 2. The van der Waals surface area contributed by atoms with Crippen LogP contribution in [0.2, 0.25) is 0 Å². The Morgan fingerprint density at radius 3 is 2.54 bits per heavy atom. The van der Waals surface area contributed by atoms with Crippen molar-refractivity contribution in [2.45, 2.75) is 55.8 Å². The number of aromatic nitrogens is 2. The van der Waals surface area contributed by atoms with Gasteiger partial charge in [-0.3, -0.25) is 9.59 Å². The zero-order valence-electron chi connectivity index (χ0n) is 20.5. The molecular formula is C25H30N4O6S2. The van der Waals surface area contributed by atoms with Crippen LogP contribution in [0.5, 0.6) is 5.88 Å². The Morgan fingerprint density at radius 1 is 1.14 bits per heavy atom. The molecule has 1 saturated carbocycles. The van der Waals surface area contributed by atoms with Gasteiger partial charge in [-0.2, -0.15) is 0 Å². The van der Waals surface area contributed by atoms with Gasteiger partial charge in [0.05, 0.1) is 17.9 Å². The quantitative estimate of drug-likeness (QED) is 0.287. The fourth-order valence-electron chi connectivity index (χ4n) is 4.54. The number of aliphatic carboxylic acids is 1. The topological polar surface area (TPSA) is 148 Å². The highest BCUT2D eigenvalue weighted by Gasteiger charge is 2.28. The minimum absolute atomic E-state index is 0.0337. The Kier molecular flexibility index (Phi) is 8.72. The summed E-state index contributed by atoms with van der Waals surface area (Å²) < 4.78 is 32.8. The molecule has 1 aliphatic carbocycles. The molecule has 1 aromatic carbocycles. The van der Waals surface area contributed by atoms with Gasteiger partial charge in [0.1, 0.15) is 10.3 Å². The van der Waals surface area contributed by atoms with Crippen LogP contribution in [0.4, 0.5) is 5.13 Å². The van der Waals surface area contributed by atoms with Crippen LogP contribution in [-0.4, -0.2) is 49.0 Å². The Labute approximate surface area is 219 Å². The van der Waals surface area contributed by atoms with Crippen molar-refractivity contribution >= 4 is 48.7 Å². The molecule has 0 aliphatic heterocycles. The van der Waals surface area contributed by atoms with Crippen molar-refractivity contribution < 1.29 is 27.9 Å². The van der Waals surface area contributed by atoms with E-state index in [2.05, 4.69) is 20.0 Å². The van der Waals surface area contributed by atoms with Gasteiger partial charge in [-0.15, -0.1) is 0 Å². The molecule has 2 heterocycles. The number of thiazole rings is 1. The van der Waals surface area contributed by atoms with Crippen molar-refractivity contribution in [1.29, 1.82) is 0 Å². The number of rotatable bonds is 12. The molecule has 3 aromatic rings. The van der Waals surface area contributed by atoms with Gasteiger partial charge in [0.15, 0.2) is 5.13 Å². The van der Waals surface area contributed by atoms with E-state index >= 15 is 0 Å². The minimum Gasteiger partial charge on any atom is -0.481 e. The number of ether oxygens (including phenoxy) is 1. The summed E-state index contributed by atoms with van der Waals surface area (Å²) in [5.41, 5.74) is 1.40. The van der Waals surface area contributed by atoms with E-state index in [0.29, 0.717) is 33.7 Å². The van der Waals surface area contributed by atoms with Gasteiger partial charge in [0.2, 0.25) is 21.8 Å². The molecule has 0 radical (unpaired) electrons. The highest BCUT2D eigenvalue weighted by molar-refractivity contribution is 7.89. The second-order valence-electron chi connectivity index (χ2n) is 9.09.